The van der Waals surface area contributed by atoms with Crippen molar-refractivity contribution in [2.75, 3.05) is 0 Å². The Morgan fingerprint density at radius 1 is 1.24 bits per heavy atom. The molecule has 0 N–H and O–H groups in total. The average molecular weight is 416 g/mol. The van der Waals surface area contributed by atoms with Crippen LogP contribution in [-0.2, 0) is 11.3 Å². The van der Waals surface area contributed by atoms with E-state index in [1.54, 1.807) is 6.07 Å². The van der Waals surface area contributed by atoms with Gasteiger partial charge < -0.3 is 9.15 Å². The largest absolute Gasteiger partial charge is 0.457 e. The summed E-state index contributed by atoms with van der Waals surface area (Å²) in [5.41, 5.74) is 1.68. The maximum atomic E-state index is 12.4. The highest BCUT2D eigenvalue weighted by Crippen LogP contribution is 2.28. The summed E-state index contributed by atoms with van der Waals surface area (Å²) >= 11 is 5.77. The molecule has 7 nitrogen and oxygen atoms in total. The predicted octanol–water partition coefficient (Wildman–Crippen LogP) is 5.14. The number of hydrogen-bond acceptors (Lipinski definition) is 6. The van der Waals surface area contributed by atoms with Gasteiger partial charge in [0, 0.05) is 28.1 Å². The minimum absolute atomic E-state index is 0.136. The zero-order valence-electron chi connectivity index (χ0n) is 16.0. The van der Waals surface area contributed by atoms with Crippen LogP contribution in [0, 0.1) is 17.0 Å². The molecule has 0 spiro atoms. The van der Waals surface area contributed by atoms with Crippen LogP contribution in [-0.4, -0.2) is 10.9 Å². The quantitative estimate of drug-likeness (QED) is 0.247. The lowest BCUT2D eigenvalue weighted by Gasteiger charge is -2.13. The second-order valence-corrected chi connectivity index (χ2v) is 7.38. The van der Waals surface area contributed by atoms with Crippen molar-refractivity contribution in [3.63, 3.8) is 0 Å². The number of benzene rings is 2. The number of nitrogens with zero attached hydrogens (tertiary/aromatic N) is 1. The normalized spacial score (nSPS) is 11.1. The Labute approximate surface area is 171 Å². The molecule has 0 unspecified atom stereocenters. The number of nitro groups is 1. The number of carbonyl (C=O) groups excluding carboxylic acids is 1. The molecule has 0 aliphatic heterocycles. The molecule has 0 atom stereocenters. The molecule has 29 heavy (non-hydrogen) atoms. The minimum atomic E-state index is -0.883. The Kier molecular flexibility index (Phi) is 5.70. The van der Waals surface area contributed by atoms with Gasteiger partial charge in [-0.05, 0) is 48.2 Å². The number of hydrogen-bond donors (Lipinski definition) is 0. The van der Waals surface area contributed by atoms with Crippen molar-refractivity contribution in [2.45, 2.75) is 33.3 Å². The van der Waals surface area contributed by atoms with E-state index in [4.69, 9.17) is 20.8 Å². The lowest BCUT2D eigenvalue weighted by Crippen LogP contribution is -2.10. The number of rotatable bonds is 5. The molecule has 1 heterocycles. The summed E-state index contributed by atoms with van der Waals surface area (Å²) in [4.78, 5) is 34.8. The van der Waals surface area contributed by atoms with Crippen molar-refractivity contribution in [3.8, 4) is 0 Å². The van der Waals surface area contributed by atoms with Gasteiger partial charge in [0.25, 0.3) is 5.69 Å². The molecule has 3 aromatic rings. The van der Waals surface area contributed by atoms with Crippen molar-refractivity contribution < 1.29 is 18.9 Å². The van der Waals surface area contributed by atoms with Crippen LogP contribution < -0.4 is 5.63 Å². The van der Waals surface area contributed by atoms with Gasteiger partial charge in [-0.3, -0.25) is 10.1 Å². The van der Waals surface area contributed by atoms with Crippen molar-refractivity contribution in [1.82, 2.24) is 0 Å². The fourth-order valence-electron chi connectivity index (χ4n) is 3.18. The van der Waals surface area contributed by atoms with E-state index in [9.17, 15) is 19.7 Å². The first-order valence-electron chi connectivity index (χ1n) is 8.85. The number of aryl methyl sites for hydroxylation is 1. The van der Waals surface area contributed by atoms with Gasteiger partial charge in [-0.2, -0.15) is 0 Å². The van der Waals surface area contributed by atoms with E-state index in [-0.39, 0.29) is 23.1 Å². The van der Waals surface area contributed by atoms with Gasteiger partial charge in [-0.15, -0.1) is 0 Å². The third-order valence-corrected chi connectivity index (χ3v) is 4.81. The lowest BCUT2D eigenvalue weighted by molar-refractivity contribution is -0.385. The number of halogens is 1. The van der Waals surface area contributed by atoms with Crippen LogP contribution in [0.3, 0.4) is 0 Å². The second kappa shape index (κ2) is 8.05. The van der Waals surface area contributed by atoms with Crippen LogP contribution >= 0.6 is 11.6 Å². The molecule has 0 saturated heterocycles. The van der Waals surface area contributed by atoms with Crippen LogP contribution in [0.1, 0.15) is 46.8 Å². The molecule has 0 radical (unpaired) electrons. The van der Waals surface area contributed by atoms with E-state index in [2.05, 4.69) is 0 Å². The summed E-state index contributed by atoms with van der Waals surface area (Å²) in [6, 6.07) is 8.64. The number of nitro benzene ring substituents is 1. The monoisotopic (exact) mass is 415 g/mol. The Hall–Kier alpha value is -3.19. The Morgan fingerprint density at radius 3 is 2.62 bits per heavy atom. The first-order chi connectivity index (χ1) is 13.7. The smallest absolute Gasteiger partial charge is 0.345 e. The summed E-state index contributed by atoms with van der Waals surface area (Å²) in [5, 5.41) is 12.0. The van der Waals surface area contributed by atoms with Crippen LogP contribution in [0.15, 0.2) is 45.6 Å². The summed E-state index contributed by atoms with van der Waals surface area (Å²) in [6.45, 7) is 5.79. The zero-order valence-corrected chi connectivity index (χ0v) is 16.8. The van der Waals surface area contributed by atoms with Crippen LogP contribution in [0.4, 0.5) is 5.69 Å². The first kappa shape index (κ1) is 20.5. The maximum absolute atomic E-state index is 12.4. The number of esters is 1. The van der Waals surface area contributed by atoms with Gasteiger partial charge in [0.1, 0.15) is 17.8 Å². The van der Waals surface area contributed by atoms with Gasteiger partial charge in [-0.25, -0.2) is 9.59 Å². The third kappa shape index (κ3) is 4.30. The molecule has 0 amide bonds. The highest BCUT2D eigenvalue weighted by atomic mass is 35.5. The molecule has 150 valence electrons. The van der Waals surface area contributed by atoms with E-state index in [1.807, 2.05) is 26.8 Å². The molecule has 1 aromatic heterocycles. The topological polar surface area (TPSA) is 99.7 Å². The van der Waals surface area contributed by atoms with Crippen molar-refractivity contribution in [1.29, 1.82) is 0 Å². The third-order valence-electron chi connectivity index (χ3n) is 4.57. The fourth-order valence-corrected chi connectivity index (χ4v) is 3.35. The second-order valence-electron chi connectivity index (χ2n) is 6.95. The van der Waals surface area contributed by atoms with E-state index >= 15 is 0 Å². The Morgan fingerprint density at radius 2 is 1.97 bits per heavy atom. The fraction of sp³-hybridized carbons (Fsp3) is 0.238. The van der Waals surface area contributed by atoms with Gasteiger partial charge in [0.15, 0.2) is 0 Å². The lowest BCUT2D eigenvalue weighted by atomic mass is 9.95. The van der Waals surface area contributed by atoms with Gasteiger partial charge in [0.05, 0.1) is 4.92 Å². The maximum Gasteiger partial charge on any atom is 0.345 e. The Balaban J connectivity index is 1.97. The van der Waals surface area contributed by atoms with Gasteiger partial charge >= 0.3 is 11.6 Å². The zero-order chi connectivity index (χ0) is 21.3. The number of ether oxygens (including phenoxy) is 1. The molecule has 8 heteroatoms. The molecule has 3 rings (SSSR count). The summed E-state index contributed by atoms with van der Waals surface area (Å²) in [5.74, 6) is -0.635. The molecule has 2 aromatic carbocycles. The molecule has 0 saturated carbocycles. The number of carbonyl (C=O) groups is 1. The van der Waals surface area contributed by atoms with E-state index in [1.165, 1.54) is 18.2 Å². The van der Waals surface area contributed by atoms with Crippen molar-refractivity contribution in [3.05, 3.63) is 84.2 Å². The SMILES string of the molecule is Cc1cc2oc(=O)cc(COC(=O)c3ccc(Cl)cc3[N+](=O)[O-])c2cc1C(C)C. The standard InChI is InChI=1S/C21H18ClNO6/c1-11(2)16-9-17-13(7-20(24)29-19(17)6-12(16)3)10-28-21(25)15-5-4-14(22)8-18(15)23(26)27/h4-9,11H,10H2,1-3H3. The molecular weight excluding hydrogens is 398 g/mol. The summed E-state index contributed by atoms with van der Waals surface area (Å²) < 4.78 is 10.5. The Bertz CT molecular complexity index is 1180. The highest BCUT2D eigenvalue weighted by molar-refractivity contribution is 6.31. The average Bonchev–Trinajstić information content (AvgIpc) is 2.64. The van der Waals surface area contributed by atoms with E-state index in [0.29, 0.717) is 16.5 Å². The molecule has 0 bridgehead atoms. The van der Waals surface area contributed by atoms with Crippen LogP contribution in [0.5, 0.6) is 0 Å². The minimum Gasteiger partial charge on any atom is -0.457 e. The van der Waals surface area contributed by atoms with Crippen LogP contribution in [0.25, 0.3) is 11.0 Å². The molecule has 0 aliphatic carbocycles. The summed E-state index contributed by atoms with van der Waals surface area (Å²) in [7, 11) is 0. The van der Waals surface area contributed by atoms with Crippen molar-refractivity contribution >= 4 is 34.2 Å². The van der Waals surface area contributed by atoms with Gasteiger partial charge in [-0.1, -0.05) is 25.4 Å². The predicted molar refractivity (Wildman–Crippen MR) is 109 cm³/mol. The first-order valence-corrected chi connectivity index (χ1v) is 9.23. The number of fused-ring (bicyclic) bond motifs is 1. The molecular formula is C21H18ClNO6. The molecule has 0 fully saturated rings. The van der Waals surface area contributed by atoms with E-state index in [0.717, 1.165) is 17.2 Å². The van der Waals surface area contributed by atoms with Crippen molar-refractivity contribution in [2.24, 2.45) is 0 Å². The summed E-state index contributed by atoms with van der Waals surface area (Å²) in [6.07, 6.45) is 0. The molecule has 0 aliphatic rings. The van der Waals surface area contributed by atoms with E-state index < -0.39 is 22.2 Å². The van der Waals surface area contributed by atoms with Crippen LogP contribution in [0.2, 0.25) is 5.02 Å². The highest BCUT2D eigenvalue weighted by Gasteiger charge is 2.22. The van der Waals surface area contributed by atoms with Gasteiger partial charge in [0.2, 0.25) is 0 Å².